The highest BCUT2D eigenvalue weighted by atomic mass is 32.1. The monoisotopic (exact) mass is 170 g/mol. The van der Waals surface area contributed by atoms with Crippen molar-refractivity contribution >= 4 is 16.3 Å². The lowest BCUT2D eigenvalue weighted by atomic mass is 10.3. The van der Waals surface area contributed by atoms with E-state index in [0.29, 0.717) is 0 Å². The highest BCUT2D eigenvalue weighted by molar-refractivity contribution is 7.15. The van der Waals surface area contributed by atoms with Crippen LogP contribution in [-0.2, 0) is 6.42 Å². The number of aromatic nitrogens is 1. The average Bonchev–Trinajstić information content (AvgIpc) is 2.32. The second kappa shape index (κ2) is 3.72. The van der Waals surface area contributed by atoms with Gasteiger partial charge in [0.25, 0.3) is 0 Å². The number of thiazole rings is 1. The zero-order valence-corrected chi connectivity index (χ0v) is 8.09. The quantitative estimate of drug-likeness (QED) is 0.753. The molecule has 0 bridgehead atoms. The molecule has 1 aromatic rings. The Morgan fingerprint density at radius 2 is 2.27 bits per heavy atom. The molecule has 1 rings (SSSR count). The minimum atomic E-state index is 1.10. The van der Waals surface area contributed by atoms with Gasteiger partial charge in [-0.05, 0) is 19.8 Å². The first-order valence-corrected chi connectivity index (χ1v) is 4.73. The molecule has 0 saturated heterocycles. The van der Waals surface area contributed by atoms with Crippen LogP contribution in [0.3, 0.4) is 0 Å². The van der Waals surface area contributed by atoms with Crippen LogP contribution in [0.5, 0.6) is 0 Å². The van der Waals surface area contributed by atoms with E-state index in [2.05, 4.69) is 17.2 Å². The number of rotatable bonds is 3. The lowest BCUT2D eigenvalue weighted by Crippen LogP contribution is -1.85. The zero-order valence-electron chi connectivity index (χ0n) is 7.27. The fourth-order valence-electron chi connectivity index (χ4n) is 1.01. The fourth-order valence-corrected chi connectivity index (χ4v) is 2.02. The molecule has 0 unspecified atom stereocenters. The smallest absolute Gasteiger partial charge is 0.111 e. The van der Waals surface area contributed by atoms with Crippen molar-refractivity contribution in [3.05, 3.63) is 10.7 Å². The Balaban J connectivity index is 2.77. The molecular formula is C8H14N2S. The lowest BCUT2D eigenvalue weighted by Gasteiger charge is -1.91. The summed E-state index contributed by atoms with van der Waals surface area (Å²) in [6.45, 7) is 4.22. The Morgan fingerprint density at radius 3 is 2.73 bits per heavy atom. The van der Waals surface area contributed by atoms with Crippen LogP contribution in [0.15, 0.2) is 0 Å². The second-order valence-electron chi connectivity index (χ2n) is 2.52. The van der Waals surface area contributed by atoms with E-state index >= 15 is 0 Å². The molecule has 0 aliphatic heterocycles. The fraction of sp³-hybridized carbons (Fsp3) is 0.625. The van der Waals surface area contributed by atoms with E-state index in [1.165, 1.54) is 16.4 Å². The van der Waals surface area contributed by atoms with Crippen molar-refractivity contribution in [3.8, 4) is 0 Å². The van der Waals surface area contributed by atoms with E-state index in [9.17, 15) is 0 Å². The molecule has 0 fully saturated rings. The van der Waals surface area contributed by atoms with Gasteiger partial charge in [-0.3, -0.25) is 0 Å². The van der Waals surface area contributed by atoms with Crippen molar-refractivity contribution in [1.29, 1.82) is 0 Å². The van der Waals surface area contributed by atoms with Gasteiger partial charge in [-0.25, -0.2) is 4.98 Å². The van der Waals surface area contributed by atoms with Gasteiger partial charge in [-0.2, -0.15) is 0 Å². The summed E-state index contributed by atoms with van der Waals surface area (Å²) in [5.74, 6) is 0. The Bertz CT molecular complexity index is 230. The molecule has 1 heterocycles. The molecule has 11 heavy (non-hydrogen) atoms. The minimum absolute atomic E-state index is 1.10. The zero-order chi connectivity index (χ0) is 8.27. The Labute approximate surface area is 71.7 Å². The van der Waals surface area contributed by atoms with Crippen molar-refractivity contribution in [1.82, 2.24) is 4.98 Å². The van der Waals surface area contributed by atoms with Gasteiger partial charge in [0.15, 0.2) is 0 Å². The highest BCUT2D eigenvalue weighted by Crippen LogP contribution is 2.23. The number of anilines is 1. The van der Waals surface area contributed by atoms with E-state index < -0.39 is 0 Å². The summed E-state index contributed by atoms with van der Waals surface area (Å²) in [4.78, 5) is 4.43. The summed E-state index contributed by atoms with van der Waals surface area (Å²) in [6.07, 6.45) is 2.28. The van der Waals surface area contributed by atoms with Crippen LogP contribution in [0.25, 0.3) is 0 Å². The third-order valence-corrected chi connectivity index (χ3v) is 2.77. The number of hydrogen-bond acceptors (Lipinski definition) is 3. The predicted molar refractivity (Wildman–Crippen MR) is 50.4 cm³/mol. The van der Waals surface area contributed by atoms with Crippen LogP contribution in [0.1, 0.15) is 24.0 Å². The maximum absolute atomic E-state index is 4.43. The summed E-state index contributed by atoms with van der Waals surface area (Å²) in [6, 6.07) is 0. The molecule has 1 N–H and O–H groups in total. The normalized spacial score (nSPS) is 10.1. The van der Waals surface area contributed by atoms with Crippen molar-refractivity contribution < 1.29 is 0 Å². The summed E-state index contributed by atoms with van der Waals surface area (Å²) < 4.78 is 0. The summed E-state index contributed by atoms with van der Waals surface area (Å²) in [5, 5.41) is 5.58. The molecular weight excluding hydrogens is 156 g/mol. The van der Waals surface area contributed by atoms with Gasteiger partial charge in [0, 0.05) is 7.05 Å². The Morgan fingerprint density at radius 1 is 1.55 bits per heavy atom. The van der Waals surface area contributed by atoms with E-state index in [1.54, 1.807) is 11.3 Å². The predicted octanol–water partition coefficient (Wildman–Crippen LogP) is 2.45. The molecule has 0 saturated carbocycles. The maximum Gasteiger partial charge on any atom is 0.111 e. The minimum Gasteiger partial charge on any atom is -0.378 e. The van der Waals surface area contributed by atoms with Crippen LogP contribution < -0.4 is 5.32 Å². The molecule has 0 aliphatic carbocycles. The number of nitrogens with one attached hydrogen (secondary N) is 1. The van der Waals surface area contributed by atoms with E-state index in [-0.39, 0.29) is 0 Å². The van der Waals surface area contributed by atoms with Crippen molar-refractivity contribution in [2.75, 3.05) is 12.4 Å². The third kappa shape index (κ3) is 1.93. The van der Waals surface area contributed by atoms with Crippen molar-refractivity contribution in [3.63, 3.8) is 0 Å². The summed E-state index contributed by atoms with van der Waals surface area (Å²) >= 11 is 1.76. The molecule has 2 nitrogen and oxygen atoms in total. The number of nitrogens with zero attached hydrogens (tertiary/aromatic N) is 1. The summed E-state index contributed by atoms with van der Waals surface area (Å²) in [5.41, 5.74) is 1.13. The molecule has 0 spiro atoms. The van der Waals surface area contributed by atoms with Crippen LogP contribution in [0, 0.1) is 6.92 Å². The molecule has 1 aromatic heterocycles. The second-order valence-corrected chi connectivity index (χ2v) is 3.61. The standard InChI is InChI=1S/C8H14N2S/c1-4-5-7-10-6(2)8(9-3)11-7/h9H,4-5H2,1-3H3. The van der Waals surface area contributed by atoms with E-state index in [4.69, 9.17) is 0 Å². The van der Waals surface area contributed by atoms with Gasteiger partial charge in [-0.1, -0.05) is 6.92 Å². The molecule has 0 amide bonds. The average molecular weight is 170 g/mol. The lowest BCUT2D eigenvalue weighted by molar-refractivity contribution is 0.903. The molecule has 62 valence electrons. The number of hydrogen-bond donors (Lipinski definition) is 1. The van der Waals surface area contributed by atoms with Crippen LogP contribution in [0.2, 0.25) is 0 Å². The molecule has 3 heteroatoms. The van der Waals surface area contributed by atoms with Crippen molar-refractivity contribution in [2.24, 2.45) is 0 Å². The SMILES string of the molecule is CCCc1nc(C)c(NC)s1. The summed E-state index contributed by atoms with van der Waals surface area (Å²) in [7, 11) is 1.94. The largest absolute Gasteiger partial charge is 0.378 e. The van der Waals surface area contributed by atoms with Gasteiger partial charge in [0.05, 0.1) is 10.7 Å². The van der Waals surface area contributed by atoms with Gasteiger partial charge in [0.2, 0.25) is 0 Å². The first kappa shape index (κ1) is 8.53. The first-order chi connectivity index (χ1) is 5.27. The number of aryl methyl sites for hydroxylation is 2. The molecule has 0 atom stereocenters. The highest BCUT2D eigenvalue weighted by Gasteiger charge is 2.03. The third-order valence-electron chi connectivity index (χ3n) is 1.53. The van der Waals surface area contributed by atoms with Crippen LogP contribution >= 0.6 is 11.3 Å². The Kier molecular flexibility index (Phi) is 2.88. The van der Waals surface area contributed by atoms with E-state index in [0.717, 1.165) is 12.1 Å². The van der Waals surface area contributed by atoms with Gasteiger partial charge in [0.1, 0.15) is 5.00 Å². The van der Waals surface area contributed by atoms with Gasteiger partial charge >= 0.3 is 0 Å². The molecule has 0 aromatic carbocycles. The van der Waals surface area contributed by atoms with Gasteiger partial charge in [-0.15, -0.1) is 11.3 Å². The van der Waals surface area contributed by atoms with E-state index in [1.807, 2.05) is 14.0 Å². The van der Waals surface area contributed by atoms with Crippen molar-refractivity contribution in [2.45, 2.75) is 26.7 Å². The topological polar surface area (TPSA) is 24.9 Å². The van der Waals surface area contributed by atoms with Crippen LogP contribution in [-0.4, -0.2) is 12.0 Å². The first-order valence-electron chi connectivity index (χ1n) is 3.92. The molecule has 0 aliphatic rings. The van der Waals surface area contributed by atoms with Gasteiger partial charge < -0.3 is 5.32 Å². The molecule has 0 radical (unpaired) electrons. The maximum atomic E-state index is 4.43. The Hall–Kier alpha value is -0.570. The van der Waals surface area contributed by atoms with Crippen LogP contribution in [0.4, 0.5) is 5.00 Å².